The number of ether oxygens (including phenoxy) is 2. The molecule has 3 aliphatic carbocycles. The van der Waals surface area contributed by atoms with Crippen molar-refractivity contribution in [3.05, 3.63) is 29.3 Å². The third-order valence-electron chi connectivity index (χ3n) is 7.05. The highest BCUT2D eigenvalue weighted by molar-refractivity contribution is 5.66. The maximum absolute atomic E-state index is 11.7. The van der Waals surface area contributed by atoms with Crippen LogP contribution in [-0.4, -0.2) is 13.1 Å². The van der Waals surface area contributed by atoms with Gasteiger partial charge in [-0.15, -0.1) is 0 Å². The molecule has 0 aliphatic heterocycles. The van der Waals surface area contributed by atoms with Crippen molar-refractivity contribution in [2.75, 3.05) is 7.11 Å². The van der Waals surface area contributed by atoms with Crippen LogP contribution in [-0.2, 0) is 9.53 Å². The maximum atomic E-state index is 11.7. The molecule has 3 nitrogen and oxygen atoms in total. The third-order valence-corrected chi connectivity index (χ3v) is 7.05. The van der Waals surface area contributed by atoms with E-state index in [1.807, 2.05) is 0 Å². The zero-order chi connectivity index (χ0) is 16.9. The van der Waals surface area contributed by atoms with Gasteiger partial charge >= 0.3 is 5.97 Å². The summed E-state index contributed by atoms with van der Waals surface area (Å²) < 4.78 is 11.2. The lowest BCUT2D eigenvalue weighted by molar-refractivity contribution is -0.149. The number of benzene rings is 1. The fraction of sp³-hybridized carbons (Fsp3) is 0.667. The van der Waals surface area contributed by atoms with E-state index in [-0.39, 0.29) is 12.1 Å². The van der Waals surface area contributed by atoms with Gasteiger partial charge in [-0.05, 0) is 78.5 Å². The molecule has 1 aromatic carbocycles. The summed E-state index contributed by atoms with van der Waals surface area (Å²) in [5, 5.41) is 0. The smallest absolute Gasteiger partial charge is 0.303 e. The van der Waals surface area contributed by atoms with Gasteiger partial charge in [-0.1, -0.05) is 19.4 Å². The number of fused-ring (bicyclic) bond motifs is 5. The van der Waals surface area contributed by atoms with E-state index in [1.54, 1.807) is 7.11 Å². The van der Waals surface area contributed by atoms with Gasteiger partial charge < -0.3 is 9.47 Å². The number of carbonyl (C=O) groups excluding carboxylic acids is 1. The average molecular weight is 328 g/mol. The van der Waals surface area contributed by atoms with Crippen molar-refractivity contribution < 1.29 is 14.3 Å². The number of hydrogen-bond acceptors (Lipinski definition) is 3. The van der Waals surface area contributed by atoms with Crippen LogP contribution < -0.4 is 4.74 Å². The van der Waals surface area contributed by atoms with Gasteiger partial charge in [0.2, 0.25) is 0 Å². The normalized spacial score (nSPS) is 37.1. The van der Waals surface area contributed by atoms with E-state index >= 15 is 0 Å². The highest BCUT2D eigenvalue weighted by Crippen LogP contribution is 2.62. The molecule has 0 saturated heterocycles. The molecule has 3 aliphatic rings. The molecule has 3 heteroatoms. The second-order valence-corrected chi connectivity index (χ2v) is 8.29. The van der Waals surface area contributed by atoms with Gasteiger partial charge in [-0.3, -0.25) is 4.79 Å². The summed E-state index contributed by atoms with van der Waals surface area (Å²) in [5.74, 6) is 2.72. The van der Waals surface area contributed by atoms with Gasteiger partial charge in [0.05, 0.1) is 7.11 Å². The minimum Gasteiger partial charge on any atom is -0.497 e. The Balaban J connectivity index is 1.75. The molecule has 0 spiro atoms. The molecule has 0 bridgehead atoms. The Morgan fingerprint density at radius 2 is 2.04 bits per heavy atom. The molecule has 24 heavy (non-hydrogen) atoms. The van der Waals surface area contributed by atoms with E-state index in [9.17, 15) is 4.79 Å². The van der Waals surface area contributed by atoms with Crippen molar-refractivity contribution in [1.29, 1.82) is 0 Å². The van der Waals surface area contributed by atoms with Crippen LogP contribution in [0.4, 0.5) is 0 Å². The Labute approximate surface area is 144 Å². The number of rotatable bonds is 2. The Hall–Kier alpha value is -1.51. The monoisotopic (exact) mass is 328 g/mol. The van der Waals surface area contributed by atoms with E-state index in [0.29, 0.717) is 17.3 Å². The van der Waals surface area contributed by atoms with Crippen LogP contribution in [0.3, 0.4) is 0 Å². The van der Waals surface area contributed by atoms with Crippen LogP contribution >= 0.6 is 0 Å². The lowest BCUT2D eigenvalue weighted by Gasteiger charge is -2.50. The third kappa shape index (κ3) is 2.44. The fourth-order valence-corrected chi connectivity index (χ4v) is 5.98. The largest absolute Gasteiger partial charge is 0.497 e. The molecule has 0 unspecified atom stereocenters. The topological polar surface area (TPSA) is 35.5 Å². The van der Waals surface area contributed by atoms with Crippen molar-refractivity contribution in [2.45, 2.75) is 64.4 Å². The summed E-state index contributed by atoms with van der Waals surface area (Å²) in [5.41, 5.74) is 3.07. The molecule has 0 aromatic heterocycles. The van der Waals surface area contributed by atoms with Crippen LogP contribution in [0.2, 0.25) is 0 Å². The lowest BCUT2D eigenvalue weighted by Crippen LogP contribution is -2.41. The first-order valence-corrected chi connectivity index (χ1v) is 9.37. The molecular formula is C21H28O3. The molecular weight excluding hydrogens is 300 g/mol. The second kappa shape index (κ2) is 5.79. The summed E-state index contributed by atoms with van der Waals surface area (Å²) in [6.07, 6.45) is 7.54. The Morgan fingerprint density at radius 1 is 1.21 bits per heavy atom. The minimum absolute atomic E-state index is 0.114. The molecule has 2 saturated carbocycles. The average Bonchev–Trinajstić information content (AvgIpc) is 2.96. The van der Waals surface area contributed by atoms with Gasteiger partial charge in [0.1, 0.15) is 11.9 Å². The Kier molecular flexibility index (Phi) is 3.85. The molecule has 0 heterocycles. The summed E-state index contributed by atoms with van der Waals surface area (Å²) in [6.45, 7) is 4.01. The second-order valence-electron chi connectivity index (χ2n) is 8.29. The highest BCUT2D eigenvalue weighted by Gasteiger charge is 2.52. The van der Waals surface area contributed by atoms with E-state index in [1.165, 1.54) is 50.2 Å². The van der Waals surface area contributed by atoms with Crippen LogP contribution in [0.25, 0.3) is 0 Å². The van der Waals surface area contributed by atoms with Gasteiger partial charge in [0, 0.05) is 6.92 Å². The predicted molar refractivity (Wildman–Crippen MR) is 93.0 cm³/mol. The zero-order valence-electron chi connectivity index (χ0n) is 15.0. The summed E-state index contributed by atoms with van der Waals surface area (Å²) in [6, 6.07) is 6.37. The van der Waals surface area contributed by atoms with Crippen molar-refractivity contribution in [2.24, 2.45) is 17.3 Å². The molecule has 0 N–H and O–H groups in total. The first-order chi connectivity index (χ1) is 11.5. The Bertz CT molecular complexity index is 652. The van der Waals surface area contributed by atoms with Crippen LogP contribution in [0.5, 0.6) is 5.75 Å². The minimum atomic E-state index is -0.183. The molecule has 0 amide bonds. The fourth-order valence-electron chi connectivity index (χ4n) is 5.98. The van der Waals surface area contributed by atoms with E-state index < -0.39 is 0 Å². The quantitative estimate of drug-likeness (QED) is 0.716. The van der Waals surface area contributed by atoms with Crippen LogP contribution in [0.15, 0.2) is 18.2 Å². The molecule has 2 fully saturated rings. The summed E-state index contributed by atoms with van der Waals surface area (Å²) in [4.78, 5) is 11.7. The molecule has 1 aromatic rings. The van der Waals surface area contributed by atoms with Crippen molar-refractivity contribution in [3.63, 3.8) is 0 Å². The predicted octanol–water partition coefficient (Wildman–Crippen LogP) is 5.00. The summed E-state index contributed by atoms with van der Waals surface area (Å²) >= 11 is 0. The SMILES string of the molecule is COc1ccc2c(c1)[C@@H](OC(C)=O)C[C@@H]1[C@@H]2CC[C@]2(C)CCC[C@@H]12. The standard InChI is InChI=1S/C21H28O3/c1-13(22)24-20-12-17-16(8-10-21(2)9-4-5-19(17)21)15-7-6-14(23-3)11-18(15)20/h6-7,11,16-17,19-20H,4-5,8-10,12H2,1-3H3/t16-,17-,19+,20+,21+/m1/s1. The van der Waals surface area contributed by atoms with Crippen LogP contribution in [0, 0.1) is 17.3 Å². The van der Waals surface area contributed by atoms with Crippen molar-refractivity contribution in [3.8, 4) is 5.75 Å². The Morgan fingerprint density at radius 3 is 2.79 bits per heavy atom. The maximum Gasteiger partial charge on any atom is 0.303 e. The number of methoxy groups -OCH3 is 1. The molecule has 0 radical (unpaired) electrons. The first kappa shape index (κ1) is 16.0. The zero-order valence-corrected chi connectivity index (χ0v) is 15.0. The summed E-state index contributed by atoms with van der Waals surface area (Å²) in [7, 11) is 1.69. The van der Waals surface area contributed by atoms with Gasteiger partial charge in [0.15, 0.2) is 0 Å². The van der Waals surface area contributed by atoms with Gasteiger partial charge in [0.25, 0.3) is 0 Å². The molecule has 4 rings (SSSR count). The molecule has 5 atom stereocenters. The van der Waals surface area contributed by atoms with E-state index in [0.717, 1.165) is 18.1 Å². The van der Waals surface area contributed by atoms with Crippen LogP contribution in [0.1, 0.15) is 75.5 Å². The van der Waals surface area contributed by atoms with E-state index in [4.69, 9.17) is 9.47 Å². The highest BCUT2D eigenvalue weighted by atomic mass is 16.5. The first-order valence-electron chi connectivity index (χ1n) is 9.37. The lowest BCUT2D eigenvalue weighted by atomic mass is 9.55. The number of hydrogen-bond donors (Lipinski definition) is 0. The molecule has 130 valence electrons. The van der Waals surface area contributed by atoms with E-state index in [2.05, 4.69) is 25.1 Å². The number of carbonyl (C=O) groups is 1. The van der Waals surface area contributed by atoms with Crippen molar-refractivity contribution in [1.82, 2.24) is 0 Å². The number of esters is 1. The van der Waals surface area contributed by atoms with Crippen molar-refractivity contribution >= 4 is 5.97 Å². The van der Waals surface area contributed by atoms with Gasteiger partial charge in [-0.25, -0.2) is 0 Å². The van der Waals surface area contributed by atoms with Gasteiger partial charge in [-0.2, -0.15) is 0 Å².